The molecule has 2 aliphatic rings. The maximum atomic E-state index is 12.3. The minimum absolute atomic E-state index is 0.0432. The van der Waals surface area contributed by atoms with Gasteiger partial charge in [-0.15, -0.1) is 0 Å². The van der Waals surface area contributed by atoms with E-state index in [-0.39, 0.29) is 5.88 Å². The van der Waals surface area contributed by atoms with E-state index in [1.165, 1.54) is 10.7 Å². The van der Waals surface area contributed by atoms with Gasteiger partial charge in [-0.3, -0.25) is 4.99 Å². The Morgan fingerprint density at radius 1 is 1.21 bits per heavy atom. The Kier molecular flexibility index (Phi) is 6.39. The van der Waals surface area contributed by atoms with Gasteiger partial charge < -0.3 is 9.64 Å². The van der Waals surface area contributed by atoms with Gasteiger partial charge in [0.15, 0.2) is 0 Å². The highest BCUT2D eigenvalue weighted by atomic mass is 32.2. The topological polar surface area (TPSA) is 62.2 Å². The smallest absolute Gasteiger partial charge is 0.233 e. The van der Waals surface area contributed by atoms with Gasteiger partial charge in [-0.1, -0.05) is 32.4 Å². The summed E-state index contributed by atoms with van der Waals surface area (Å²) in [5.74, 6) is 0.719. The Labute approximate surface area is 144 Å². The van der Waals surface area contributed by atoms with Crippen LogP contribution in [-0.2, 0) is 16.6 Å². The minimum atomic E-state index is -3.31. The van der Waals surface area contributed by atoms with Crippen LogP contribution in [0.15, 0.2) is 41.0 Å². The van der Waals surface area contributed by atoms with Gasteiger partial charge in [-0.25, -0.2) is 8.42 Å². The highest BCUT2D eigenvalue weighted by molar-refractivity contribution is 7.89. The average Bonchev–Trinajstić information content (AvgIpc) is 2.56. The van der Waals surface area contributed by atoms with Gasteiger partial charge >= 0.3 is 0 Å². The van der Waals surface area contributed by atoms with Gasteiger partial charge in [0, 0.05) is 12.2 Å². The Hall–Kier alpha value is -1.86. The van der Waals surface area contributed by atoms with E-state index in [9.17, 15) is 8.42 Å². The van der Waals surface area contributed by atoms with E-state index in [0.29, 0.717) is 19.6 Å². The second kappa shape index (κ2) is 8.30. The highest BCUT2D eigenvalue weighted by Crippen LogP contribution is 2.23. The first kappa shape index (κ1) is 18.5. The van der Waals surface area contributed by atoms with Crippen molar-refractivity contribution in [3.8, 4) is 5.75 Å². The van der Waals surface area contributed by atoms with Crippen molar-refractivity contribution in [2.75, 3.05) is 26.1 Å². The predicted octanol–water partition coefficient (Wildman–Crippen LogP) is 2.44. The molecular formula is C17H25N3O3S. The molecule has 0 saturated carbocycles. The van der Waals surface area contributed by atoms with Crippen molar-refractivity contribution in [2.24, 2.45) is 4.99 Å². The monoisotopic (exact) mass is 351 g/mol. The Morgan fingerprint density at radius 2 is 1.88 bits per heavy atom. The summed E-state index contributed by atoms with van der Waals surface area (Å²) in [4.78, 5) is 5.78. The molecule has 1 fully saturated rings. The lowest BCUT2D eigenvalue weighted by Gasteiger charge is -2.36. The zero-order chi connectivity index (χ0) is 17.6. The lowest BCUT2D eigenvalue weighted by atomic mass is 10.2. The van der Waals surface area contributed by atoms with E-state index in [1.807, 2.05) is 30.3 Å². The summed E-state index contributed by atoms with van der Waals surface area (Å²) < 4.78 is 31.3. The van der Waals surface area contributed by atoms with E-state index >= 15 is 0 Å². The maximum Gasteiger partial charge on any atom is 0.233 e. The lowest BCUT2D eigenvalue weighted by molar-refractivity contribution is 0.361. The van der Waals surface area contributed by atoms with Crippen LogP contribution >= 0.6 is 0 Å². The molecule has 0 unspecified atom stereocenters. The van der Waals surface area contributed by atoms with Gasteiger partial charge in [0.1, 0.15) is 11.6 Å². The number of fused-ring (bicyclic) bond motifs is 1. The predicted molar refractivity (Wildman–Crippen MR) is 96.4 cm³/mol. The van der Waals surface area contributed by atoms with Gasteiger partial charge in [-0.05, 0) is 23.8 Å². The van der Waals surface area contributed by atoms with Crippen LogP contribution < -0.4 is 4.74 Å². The summed E-state index contributed by atoms with van der Waals surface area (Å²) in [7, 11) is -1.70. The number of nitrogens with zero attached hydrogens (tertiary/aromatic N) is 3. The number of benzene rings is 1. The molecule has 0 aliphatic carbocycles. The molecule has 24 heavy (non-hydrogen) atoms. The average molecular weight is 351 g/mol. The number of sulfonamides is 1. The first-order valence-electron chi connectivity index (χ1n) is 8.06. The van der Waals surface area contributed by atoms with Crippen molar-refractivity contribution in [3.63, 3.8) is 0 Å². The van der Waals surface area contributed by atoms with E-state index in [0.717, 1.165) is 17.0 Å². The standard InChI is InChI=1S/C14H17N3O3S.C3H8/c1-20-14-4-2-12(3-5-14)8-17-9-13-6-7-15-10-16(13)11-21(17,18)19;1-3-2/h2-6,10H,7-9,11H2,1H3;3H2,1-2H3. The molecule has 0 spiro atoms. The number of hydrogen-bond donors (Lipinski definition) is 0. The quantitative estimate of drug-likeness (QED) is 0.839. The molecule has 0 bridgehead atoms. The van der Waals surface area contributed by atoms with E-state index in [4.69, 9.17) is 4.74 Å². The molecule has 2 heterocycles. The number of ether oxygens (including phenoxy) is 1. The molecule has 1 saturated heterocycles. The Bertz CT molecular complexity index is 696. The van der Waals surface area contributed by atoms with Crippen LogP contribution in [0, 0.1) is 0 Å². The fourth-order valence-electron chi connectivity index (χ4n) is 2.39. The van der Waals surface area contributed by atoms with Crippen molar-refractivity contribution in [1.82, 2.24) is 9.21 Å². The van der Waals surface area contributed by atoms with Crippen LogP contribution in [-0.4, -0.2) is 50.0 Å². The van der Waals surface area contributed by atoms with Crippen LogP contribution in [0.5, 0.6) is 5.75 Å². The molecule has 7 heteroatoms. The zero-order valence-electron chi connectivity index (χ0n) is 14.5. The van der Waals surface area contributed by atoms with Crippen LogP contribution in [0.4, 0.5) is 0 Å². The number of aliphatic imine (C=N–C) groups is 1. The SMILES string of the molecule is CCC.COc1ccc(CN2CC3=CCN=CN3CS2(=O)=O)cc1. The van der Waals surface area contributed by atoms with E-state index in [1.54, 1.807) is 18.3 Å². The van der Waals surface area contributed by atoms with Crippen molar-refractivity contribution in [3.05, 3.63) is 41.6 Å². The summed E-state index contributed by atoms with van der Waals surface area (Å²) in [6.45, 7) is 5.62. The van der Waals surface area contributed by atoms with Crippen LogP contribution in [0.2, 0.25) is 0 Å². The number of methoxy groups -OCH3 is 1. The summed E-state index contributed by atoms with van der Waals surface area (Å²) in [6.07, 6.45) is 4.83. The van der Waals surface area contributed by atoms with Crippen molar-refractivity contribution >= 4 is 16.4 Å². The maximum absolute atomic E-state index is 12.3. The van der Waals surface area contributed by atoms with E-state index < -0.39 is 10.0 Å². The molecule has 0 radical (unpaired) electrons. The molecule has 132 valence electrons. The Balaban J connectivity index is 0.000000647. The van der Waals surface area contributed by atoms with Crippen LogP contribution in [0.3, 0.4) is 0 Å². The van der Waals surface area contributed by atoms with Crippen LogP contribution in [0.1, 0.15) is 25.8 Å². The number of hydrogen-bond acceptors (Lipinski definition) is 5. The van der Waals surface area contributed by atoms with Crippen LogP contribution in [0.25, 0.3) is 0 Å². The molecule has 1 aromatic carbocycles. The zero-order valence-corrected chi connectivity index (χ0v) is 15.3. The van der Waals surface area contributed by atoms with Gasteiger partial charge in [-0.2, -0.15) is 4.31 Å². The summed E-state index contributed by atoms with van der Waals surface area (Å²) in [6, 6.07) is 7.45. The number of rotatable bonds is 3. The molecule has 6 nitrogen and oxygen atoms in total. The summed E-state index contributed by atoms with van der Waals surface area (Å²) in [5.41, 5.74) is 1.94. The van der Waals surface area contributed by atoms with Gasteiger partial charge in [0.25, 0.3) is 0 Å². The van der Waals surface area contributed by atoms with Gasteiger partial charge in [0.2, 0.25) is 10.0 Å². The summed E-state index contributed by atoms with van der Waals surface area (Å²) >= 11 is 0. The second-order valence-electron chi connectivity index (χ2n) is 5.71. The lowest BCUT2D eigenvalue weighted by Crippen LogP contribution is -2.48. The third kappa shape index (κ3) is 4.58. The van der Waals surface area contributed by atoms with E-state index in [2.05, 4.69) is 18.8 Å². The molecular weight excluding hydrogens is 326 g/mol. The highest BCUT2D eigenvalue weighted by Gasteiger charge is 2.33. The Morgan fingerprint density at radius 3 is 2.50 bits per heavy atom. The molecule has 2 aliphatic heterocycles. The molecule has 1 aromatic rings. The van der Waals surface area contributed by atoms with Crippen molar-refractivity contribution in [2.45, 2.75) is 26.8 Å². The fourth-order valence-corrected chi connectivity index (χ4v) is 3.81. The fraction of sp³-hybridized carbons (Fsp3) is 0.471. The molecule has 3 rings (SSSR count). The molecule has 0 aromatic heterocycles. The first-order chi connectivity index (χ1) is 11.5. The minimum Gasteiger partial charge on any atom is -0.497 e. The summed E-state index contributed by atoms with van der Waals surface area (Å²) in [5, 5.41) is 0. The van der Waals surface area contributed by atoms with Crippen molar-refractivity contribution in [1.29, 1.82) is 0 Å². The van der Waals surface area contributed by atoms with Crippen molar-refractivity contribution < 1.29 is 13.2 Å². The third-order valence-electron chi connectivity index (χ3n) is 3.57. The second-order valence-corrected chi connectivity index (χ2v) is 7.65. The first-order valence-corrected chi connectivity index (χ1v) is 9.67. The largest absolute Gasteiger partial charge is 0.497 e. The van der Waals surface area contributed by atoms with Gasteiger partial charge in [0.05, 0.1) is 26.5 Å². The molecule has 0 amide bonds. The molecule has 0 N–H and O–H groups in total. The normalized spacial score (nSPS) is 19.0. The molecule has 0 atom stereocenters. The third-order valence-corrected chi connectivity index (χ3v) is 5.22.